The number of rotatable bonds is 2. The predicted molar refractivity (Wildman–Crippen MR) is 59.4 cm³/mol. The monoisotopic (exact) mass is 200 g/mol. The zero-order valence-corrected chi connectivity index (χ0v) is 10.2. The molecule has 0 radical (unpaired) electrons. The molecule has 1 heterocycles. The molecule has 0 aromatic carbocycles. The Kier molecular flexibility index (Phi) is 3.24. The second kappa shape index (κ2) is 3.80. The van der Waals surface area contributed by atoms with Crippen molar-refractivity contribution >= 4 is 0 Å². The highest BCUT2D eigenvalue weighted by molar-refractivity contribution is 5.03. The van der Waals surface area contributed by atoms with E-state index in [1.54, 1.807) is 0 Å². The molecule has 84 valence electrons. The first-order valence-electron chi connectivity index (χ1n) is 5.38. The minimum atomic E-state index is -0.580. The average Bonchev–Trinajstić information content (AvgIpc) is 2.03. The van der Waals surface area contributed by atoms with Gasteiger partial charge in [0, 0.05) is 12.1 Å². The van der Waals surface area contributed by atoms with Crippen LogP contribution in [0.4, 0.5) is 0 Å². The van der Waals surface area contributed by atoms with Crippen molar-refractivity contribution in [2.75, 3.05) is 34.2 Å². The summed E-state index contributed by atoms with van der Waals surface area (Å²) in [6.07, 6.45) is 1.99. The molecule has 0 saturated carbocycles. The lowest BCUT2D eigenvalue weighted by atomic mass is 9.76. The van der Waals surface area contributed by atoms with Crippen LogP contribution in [-0.2, 0) is 0 Å². The van der Waals surface area contributed by atoms with Crippen LogP contribution < -0.4 is 0 Å². The summed E-state index contributed by atoms with van der Waals surface area (Å²) in [5.74, 6) is 0. The minimum Gasteiger partial charge on any atom is -0.387 e. The van der Waals surface area contributed by atoms with E-state index in [2.05, 4.69) is 30.7 Å². The van der Waals surface area contributed by atoms with Gasteiger partial charge in [0.1, 0.15) is 0 Å². The number of piperidine rings is 1. The maximum Gasteiger partial charge on any atom is 0.0951 e. The summed E-state index contributed by atoms with van der Waals surface area (Å²) in [7, 11) is 6.15. The van der Waals surface area contributed by atoms with Crippen molar-refractivity contribution in [3.63, 3.8) is 0 Å². The molecule has 0 aromatic rings. The molecule has 1 aliphatic rings. The molecule has 0 amide bonds. The van der Waals surface area contributed by atoms with Crippen LogP contribution in [0.25, 0.3) is 0 Å². The van der Waals surface area contributed by atoms with Crippen LogP contribution in [0.2, 0.25) is 0 Å². The molecular weight excluding hydrogens is 176 g/mol. The summed E-state index contributed by atoms with van der Waals surface area (Å²) in [5.41, 5.74) is -0.745. The molecule has 0 bridgehead atoms. The molecule has 0 spiro atoms. The highest BCUT2D eigenvalue weighted by Crippen LogP contribution is 2.33. The van der Waals surface area contributed by atoms with Crippen molar-refractivity contribution in [1.82, 2.24) is 9.80 Å². The lowest BCUT2D eigenvalue weighted by Gasteiger charge is -2.51. The van der Waals surface area contributed by atoms with Crippen LogP contribution in [0.3, 0.4) is 0 Å². The zero-order chi connectivity index (χ0) is 11.0. The molecule has 14 heavy (non-hydrogen) atoms. The van der Waals surface area contributed by atoms with Crippen LogP contribution >= 0.6 is 0 Å². The van der Waals surface area contributed by atoms with Crippen LogP contribution in [0.5, 0.6) is 0 Å². The fourth-order valence-electron chi connectivity index (χ4n) is 2.16. The lowest BCUT2D eigenvalue weighted by Crippen LogP contribution is -2.64. The third kappa shape index (κ3) is 1.95. The van der Waals surface area contributed by atoms with E-state index in [-0.39, 0.29) is 5.54 Å². The minimum absolute atomic E-state index is 0.165. The highest BCUT2D eigenvalue weighted by atomic mass is 16.3. The normalized spacial score (nSPS) is 31.1. The fraction of sp³-hybridized carbons (Fsp3) is 1.00. The topological polar surface area (TPSA) is 26.7 Å². The van der Waals surface area contributed by atoms with E-state index in [0.29, 0.717) is 0 Å². The van der Waals surface area contributed by atoms with Gasteiger partial charge in [-0.15, -0.1) is 0 Å². The quantitative estimate of drug-likeness (QED) is 0.714. The molecule has 1 unspecified atom stereocenters. The van der Waals surface area contributed by atoms with Crippen molar-refractivity contribution in [2.45, 2.75) is 37.8 Å². The number of likely N-dealkylation sites (N-methyl/N-ethyl adjacent to an activating group) is 2. The molecule has 1 atom stereocenters. The van der Waals surface area contributed by atoms with Gasteiger partial charge >= 0.3 is 0 Å². The van der Waals surface area contributed by atoms with Gasteiger partial charge in [0.05, 0.1) is 5.60 Å². The van der Waals surface area contributed by atoms with Gasteiger partial charge in [-0.1, -0.05) is 0 Å². The molecule has 0 aliphatic carbocycles. The van der Waals surface area contributed by atoms with E-state index in [4.69, 9.17) is 0 Å². The summed E-state index contributed by atoms with van der Waals surface area (Å²) in [6.45, 7) is 6.11. The largest absolute Gasteiger partial charge is 0.387 e. The number of hydrogen-bond acceptors (Lipinski definition) is 3. The SMILES string of the molecule is CN1CCCC(O)(C(C)(C)N(C)C)C1. The smallest absolute Gasteiger partial charge is 0.0951 e. The molecule has 3 nitrogen and oxygen atoms in total. The summed E-state index contributed by atoms with van der Waals surface area (Å²) in [4.78, 5) is 4.33. The van der Waals surface area contributed by atoms with E-state index in [9.17, 15) is 5.11 Å². The zero-order valence-electron chi connectivity index (χ0n) is 10.2. The molecule has 0 aromatic heterocycles. The molecular formula is C11H24N2O. The molecule has 1 saturated heterocycles. The standard InChI is InChI=1S/C11H24N2O/c1-10(2,12(3)4)11(14)7-6-8-13(5)9-11/h14H,6-9H2,1-5H3. The molecule has 1 fully saturated rings. The maximum absolute atomic E-state index is 10.7. The summed E-state index contributed by atoms with van der Waals surface area (Å²) < 4.78 is 0. The highest BCUT2D eigenvalue weighted by Gasteiger charge is 2.46. The van der Waals surface area contributed by atoms with Crippen molar-refractivity contribution in [3.05, 3.63) is 0 Å². The van der Waals surface area contributed by atoms with Crippen molar-refractivity contribution in [2.24, 2.45) is 0 Å². The predicted octanol–water partition coefficient (Wildman–Crippen LogP) is 0.783. The maximum atomic E-state index is 10.7. The van der Waals surface area contributed by atoms with Crippen LogP contribution in [-0.4, -0.2) is 60.3 Å². The third-order valence-corrected chi connectivity index (χ3v) is 3.92. The number of likely N-dealkylation sites (tertiary alicyclic amines) is 1. The Morgan fingerprint density at radius 3 is 2.36 bits per heavy atom. The van der Waals surface area contributed by atoms with Crippen molar-refractivity contribution in [3.8, 4) is 0 Å². The van der Waals surface area contributed by atoms with Crippen molar-refractivity contribution in [1.29, 1.82) is 0 Å². The fourth-order valence-corrected chi connectivity index (χ4v) is 2.16. The molecule has 3 heteroatoms. The second-order valence-corrected chi connectivity index (χ2v) is 5.33. The Morgan fingerprint density at radius 1 is 1.36 bits per heavy atom. The van der Waals surface area contributed by atoms with Crippen molar-refractivity contribution < 1.29 is 5.11 Å². The number of β-amino-alcohol motifs (C(OH)–C–C–N with tert-alkyl or cyclic N) is 1. The summed E-state index contributed by atoms with van der Waals surface area (Å²) in [5, 5.41) is 10.7. The first kappa shape index (κ1) is 12.0. The van der Waals surface area contributed by atoms with E-state index in [1.165, 1.54) is 0 Å². The first-order valence-corrected chi connectivity index (χ1v) is 5.38. The number of aliphatic hydroxyl groups is 1. The number of nitrogens with zero attached hydrogens (tertiary/aromatic N) is 2. The van der Waals surface area contributed by atoms with E-state index >= 15 is 0 Å². The lowest BCUT2D eigenvalue weighted by molar-refractivity contribution is -0.117. The van der Waals surface area contributed by atoms with Crippen LogP contribution in [0.1, 0.15) is 26.7 Å². The van der Waals surface area contributed by atoms with Crippen LogP contribution in [0.15, 0.2) is 0 Å². The van der Waals surface area contributed by atoms with Crippen LogP contribution in [0, 0.1) is 0 Å². The van der Waals surface area contributed by atoms with Gasteiger partial charge in [-0.25, -0.2) is 0 Å². The molecule has 1 rings (SSSR count). The molecule has 1 aliphatic heterocycles. The van der Waals surface area contributed by atoms with Gasteiger partial charge in [-0.05, 0) is 54.4 Å². The van der Waals surface area contributed by atoms with Gasteiger partial charge in [0.25, 0.3) is 0 Å². The Morgan fingerprint density at radius 2 is 1.93 bits per heavy atom. The Labute approximate surface area is 87.7 Å². The summed E-state index contributed by atoms with van der Waals surface area (Å²) >= 11 is 0. The van der Waals surface area contributed by atoms with Gasteiger partial charge in [-0.2, -0.15) is 0 Å². The third-order valence-electron chi connectivity index (χ3n) is 3.92. The second-order valence-electron chi connectivity index (χ2n) is 5.33. The summed E-state index contributed by atoms with van der Waals surface area (Å²) in [6, 6.07) is 0. The first-order chi connectivity index (χ1) is 6.29. The van der Waals surface area contributed by atoms with Gasteiger partial charge in [0.15, 0.2) is 0 Å². The van der Waals surface area contributed by atoms with Gasteiger partial charge < -0.3 is 14.9 Å². The Hall–Kier alpha value is -0.120. The van der Waals surface area contributed by atoms with E-state index in [1.807, 2.05) is 14.1 Å². The Bertz CT molecular complexity index is 203. The van der Waals surface area contributed by atoms with Gasteiger partial charge in [0.2, 0.25) is 0 Å². The van der Waals surface area contributed by atoms with E-state index < -0.39 is 5.60 Å². The van der Waals surface area contributed by atoms with Gasteiger partial charge in [-0.3, -0.25) is 0 Å². The Balaban J connectivity index is 2.82. The average molecular weight is 200 g/mol. The van der Waals surface area contributed by atoms with E-state index in [0.717, 1.165) is 25.9 Å². The molecule has 1 N–H and O–H groups in total. The number of hydrogen-bond donors (Lipinski definition) is 1.